The van der Waals surface area contributed by atoms with Crippen LogP contribution in [0.25, 0.3) is 0 Å². The second-order valence-electron chi connectivity index (χ2n) is 4.22. The zero-order valence-electron chi connectivity index (χ0n) is 12.6. The van der Waals surface area contributed by atoms with Gasteiger partial charge in [-0.3, -0.25) is 4.99 Å². The molecule has 0 aliphatic heterocycles. The highest BCUT2D eigenvalue weighted by molar-refractivity contribution is 5.79. The lowest BCUT2D eigenvalue weighted by Gasteiger charge is -2.12. The van der Waals surface area contributed by atoms with E-state index in [-0.39, 0.29) is 0 Å². The Morgan fingerprint density at radius 1 is 1.15 bits per heavy atom. The number of guanidine groups is 1. The molecule has 0 fully saturated rings. The molecule has 0 saturated carbocycles. The molecule has 1 rings (SSSR count). The number of nitrogens with one attached hydrogen (secondary N) is 2. The van der Waals surface area contributed by atoms with E-state index in [0.717, 1.165) is 37.8 Å². The van der Waals surface area contributed by atoms with Crippen LogP contribution in [0.3, 0.4) is 0 Å². The molecule has 5 nitrogen and oxygen atoms in total. The van der Waals surface area contributed by atoms with E-state index in [1.165, 1.54) is 5.56 Å². The predicted octanol–water partition coefficient (Wildman–Crippen LogP) is 1.44. The Bertz CT molecular complexity index is 391. The fraction of sp³-hybridized carbons (Fsp3) is 0.533. The summed E-state index contributed by atoms with van der Waals surface area (Å²) in [6.45, 7) is 5.01. The summed E-state index contributed by atoms with van der Waals surface area (Å²) in [5.41, 5.74) is 1.27. The number of hydrogen-bond acceptors (Lipinski definition) is 3. The Morgan fingerprint density at radius 2 is 1.85 bits per heavy atom. The van der Waals surface area contributed by atoms with E-state index in [4.69, 9.17) is 9.47 Å². The van der Waals surface area contributed by atoms with E-state index in [1.807, 2.05) is 19.1 Å². The highest BCUT2D eigenvalue weighted by Crippen LogP contribution is 2.11. The molecule has 1 aromatic rings. The van der Waals surface area contributed by atoms with Crippen molar-refractivity contribution in [2.75, 3.05) is 40.5 Å². The molecule has 0 atom stereocenters. The molecule has 0 bridgehead atoms. The molecule has 0 heterocycles. The third-order valence-electron chi connectivity index (χ3n) is 2.83. The quantitative estimate of drug-likeness (QED) is 0.429. The summed E-state index contributed by atoms with van der Waals surface area (Å²) in [5, 5.41) is 6.48. The Kier molecular flexibility index (Phi) is 8.22. The van der Waals surface area contributed by atoms with Gasteiger partial charge in [0.05, 0.1) is 13.7 Å². The normalized spacial score (nSPS) is 11.2. The largest absolute Gasteiger partial charge is 0.497 e. The van der Waals surface area contributed by atoms with Crippen LogP contribution in [-0.2, 0) is 11.2 Å². The summed E-state index contributed by atoms with van der Waals surface area (Å²) in [7, 11) is 3.44. The standard InChI is InChI=1S/C15H25N3O2/c1-4-20-12-11-18-15(16-2)17-10-9-13-5-7-14(19-3)8-6-13/h5-8H,4,9-12H2,1-3H3,(H2,16,17,18). The van der Waals surface area contributed by atoms with Crippen LogP contribution in [0.4, 0.5) is 0 Å². The minimum Gasteiger partial charge on any atom is -0.497 e. The van der Waals surface area contributed by atoms with Gasteiger partial charge in [-0.05, 0) is 31.0 Å². The summed E-state index contributed by atoms with van der Waals surface area (Å²) in [6.07, 6.45) is 0.941. The van der Waals surface area contributed by atoms with Gasteiger partial charge in [-0.15, -0.1) is 0 Å². The van der Waals surface area contributed by atoms with E-state index in [0.29, 0.717) is 6.61 Å². The zero-order chi connectivity index (χ0) is 14.6. The predicted molar refractivity (Wildman–Crippen MR) is 82.6 cm³/mol. The van der Waals surface area contributed by atoms with Crippen molar-refractivity contribution >= 4 is 5.96 Å². The lowest BCUT2D eigenvalue weighted by Crippen LogP contribution is -2.39. The minimum atomic E-state index is 0.690. The number of nitrogens with zero attached hydrogens (tertiary/aromatic N) is 1. The highest BCUT2D eigenvalue weighted by Gasteiger charge is 1.98. The van der Waals surface area contributed by atoms with Crippen LogP contribution >= 0.6 is 0 Å². The molecule has 0 saturated heterocycles. The van der Waals surface area contributed by atoms with Gasteiger partial charge in [-0.25, -0.2) is 0 Å². The van der Waals surface area contributed by atoms with Gasteiger partial charge in [0, 0.05) is 26.7 Å². The fourth-order valence-electron chi connectivity index (χ4n) is 1.72. The number of hydrogen-bond donors (Lipinski definition) is 2. The number of aliphatic imine (C=N–C) groups is 1. The second-order valence-corrected chi connectivity index (χ2v) is 4.22. The minimum absolute atomic E-state index is 0.690. The van der Waals surface area contributed by atoms with Gasteiger partial charge in [0.1, 0.15) is 5.75 Å². The van der Waals surface area contributed by atoms with Gasteiger partial charge in [0.15, 0.2) is 5.96 Å². The van der Waals surface area contributed by atoms with Crippen LogP contribution in [0.2, 0.25) is 0 Å². The van der Waals surface area contributed by atoms with E-state index in [9.17, 15) is 0 Å². The number of rotatable bonds is 8. The lowest BCUT2D eigenvalue weighted by atomic mass is 10.1. The molecular weight excluding hydrogens is 254 g/mol. The van der Waals surface area contributed by atoms with Crippen LogP contribution in [0, 0.1) is 0 Å². The molecule has 0 spiro atoms. The average molecular weight is 279 g/mol. The second kappa shape index (κ2) is 10.1. The fourth-order valence-corrected chi connectivity index (χ4v) is 1.72. The maximum atomic E-state index is 5.27. The highest BCUT2D eigenvalue weighted by atomic mass is 16.5. The number of methoxy groups -OCH3 is 1. The van der Waals surface area contributed by atoms with Crippen molar-refractivity contribution in [1.82, 2.24) is 10.6 Å². The average Bonchev–Trinajstić information content (AvgIpc) is 2.50. The van der Waals surface area contributed by atoms with E-state index in [2.05, 4.69) is 27.8 Å². The molecule has 5 heteroatoms. The van der Waals surface area contributed by atoms with Crippen LogP contribution in [0.1, 0.15) is 12.5 Å². The van der Waals surface area contributed by atoms with Crippen LogP contribution in [-0.4, -0.2) is 46.4 Å². The zero-order valence-corrected chi connectivity index (χ0v) is 12.6. The van der Waals surface area contributed by atoms with Gasteiger partial charge in [-0.1, -0.05) is 12.1 Å². The molecule has 20 heavy (non-hydrogen) atoms. The molecule has 0 unspecified atom stereocenters. The third-order valence-corrected chi connectivity index (χ3v) is 2.83. The lowest BCUT2D eigenvalue weighted by molar-refractivity contribution is 0.152. The molecule has 0 amide bonds. The smallest absolute Gasteiger partial charge is 0.191 e. The molecule has 2 N–H and O–H groups in total. The Hall–Kier alpha value is -1.75. The maximum Gasteiger partial charge on any atom is 0.191 e. The summed E-state index contributed by atoms with van der Waals surface area (Å²) in [6, 6.07) is 8.10. The first kappa shape index (κ1) is 16.3. The molecule has 1 aromatic carbocycles. The topological polar surface area (TPSA) is 54.9 Å². The third kappa shape index (κ3) is 6.43. The monoisotopic (exact) mass is 279 g/mol. The Morgan fingerprint density at radius 3 is 2.45 bits per heavy atom. The van der Waals surface area contributed by atoms with Crippen molar-refractivity contribution in [2.24, 2.45) is 4.99 Å². The van der Waals surface area contributed by atoms with Crippen molar-refractivity contribution in [2.45, 2.75) is 13.3 Å². The van der Waals surface area contributed by atoms with Crippen molar-refractivity contribution < 1.29 is 9.47 Å². The van der Waals surface area contributed by atoms with E-state index in [1.54, 1.807) is 14.2 Å². The van der Waals surface area contributed by atoms with Crippen LogP contribution in [0.15, 0.2) is 29.3 Å². The van der Waals surface area contributed by atoms with E-state index >= 15 is 0 Å². The molecule has 112 valence electrons. The number of benzene rings is 1. The summed E-state index contributed by atoms with van der Waals surface area (Å²) < 4.78 is 10.4. The Labute approximate surface area is 121 Å². The molecular formula is C15H25N3O2. The van der Waals surface area contributed by atoms with E-state index < -0.39 is 0 Å². The van der Waals surface area contributed by atoms with Gasteiger partial charge in [-0.2, -0.15) is 0 Å². The van der Waals surface area contributed by atoms with Gasteiger partial charge in [0.2, 0.25) is 0 Å². The van der Waals surface area contributed by atoms with Gasteiger partial charge in [0.25, 0.3) is 0 Å². The first-order valence-corrected chi connectivity index (χ1v) is 6.95. The van der Waals surface area contributed by atoms with Crippen molar-refractivity contribution in [3.8, 4) is 5.75 Å². The van der Waals surface area contributed by atoms with Crippen LogP contribution < -0.4 is 15.4 Å². The molecule has 0 radical (unpaired) electrons. The van der Waals surface area contributed by atoms with Crippen molar-refractivity contribution in [1.29, 1.82) is 0 Å². The maximum absolute atomic E-state index is 5.27. The summed E-state index contributed by atoms with van der Waals surface area (Å²) >= 11 is 0. The first-order valence-electron chi connectivity index (χ1n) is 6.95. The van der Waals surface area contributed by atoms with Crippen molar-refractivity contribution in [3.05, 3.63) is 29.8 Å². The molecule has 0 aliphatic carbocycles. The first-order chi connectivity index (χ1) is 9.80. The van der Waals surface area contributed by atoms with Crippen molar-refractivity contribution in [3.63, 3.8) is 0 Å². The molecule has 0 aromatic heterocycles. The molecule has 0 aliphatic rings. The Balaban J connectivity index is 2.23. The number of ether oxygens (including phenoxy) is 2. The van der Waals surface area contributed by atoms with Gasteiger partial charge < -0.3 is 20.1 Å². The van der Waals surface area contributed by atoms with Crippen LogP contribution in [0.5, 0.6) is 5.75 Å². The SMILES string of the molecule is CCOCCNC(=NC)NCCc1ccc(OC)cc1. The summed E-state index contributed by atoms with van der Waals surface area (Å²) in [5.74, 6) is 1.69. The van der Waals surface area contributed by atoms with Gasteiger partial charge >= 0.3 is 0 Å². The summed E-state index contributed by atoms with van der Waals surface area (Å²) in [4.78, 5) is 4.16.